The number of hydrogen-bond donors (Lipinski definition) is 0. The minimum atomic E-state index is -0.488. The van der Waals surface area contributed by atoms with E-state index in [4.69, 9.17) is 9.47 Å². The van der Waals surface area contributed by atoms with E-state index in [0.717, 1.165) is 25.0 Å². The van der Waals surface area contributed by atoms with Gasteiger partial charge in [-0.05, 0) is 6.42 Å². The summed E-state index contributed by atoms with van der Waals surface area (Å²) < 4.78 is 14.4. The third-order valence-electron chi connectivity index (χ3n) is 2.45. The number of carbonyl (C=O) groups is 3. The lowest BCUT2D eigenvalue weighted by Crippen LogP contribution is -2.27. The van der Waals surface area contributed by atoms with Crippen LogP contribution in [0.1, 0.15) is 41.0 Å². The molecule has 0 saturated heterocycles. The molecule has 0 aromatic heterocycles. The Balaban J connectivity index is -0.000000418. The molecule has 0 aromatic rings. The van der Waals surface area contributed by atoms with Crippen LogP contribution in [0.25, 0.3) is 0 Å². The van der Waals surface area contributed by atoms with E-state index in [-0.39, 0.29) is 26.6 Å². The Bertz CT molecular complexity index is 411. The first-order valence-corrected chi connectivity index (χ1v) is 7.60. The largest absolute Gasteiger partial charge is 0.463 e. The molecule has 144 valence electrons. The van der Waals surface area contributed by atoms with Crippen molar-refractivity contribution < 1.29 is 28.6 Å². The summed E-state index contributed by atoms with van der Waals surface area (Å²) in [5, 5.41) is 0. The smallest absolute Gasteiger partial charge is 0.330 e. The first-order valence-electron chi connectivity index (χ1n) is 7.60. The van der Waals surface area contributed by atoms with Crippen LogP contribution in [-0.4, -0.2) is 37.7 Å². The highest BCUT2D eigenvalue weighted by atomic mass is 16.5. The Labute approximate surface area is 151 Å². The van der Waals surface area contributed by atoms with Gasteiger partial charge in [0.05, 0.1) is 19.8 Å². The van der Waals surface area contributed by atoms with E-state index in [0.29, 0.717) is 6.61 Å². The Kier molecular flexibility index (Phi) is 18.1. The molecule has 0 unspecified atom stereocenters. The Morgan fingerprint density at radius 2 is 1.20 bits per heavy atom. The van der Waals surface area contributed by atoms with Crippen LogP contribution in [0.4, 0.5) is 0 Å². The van der Waals surface area contributed by atoms with Gasteiger partial charge >= 0.3 is 17.9 Å². The lowest BCUT2D eigenvalue weighted by molar-refractivity contribution is -0.146. The highest BCUT2D eigenvalue weighted by Gasteiger charge is 2.21. The van der Waals surface area contributed by atoms with E-state index in [1.807, 2.05) is 20.8 Å². The summed E-state index contributed by atoms with van der Waals surface area (Å²) >= 11 is 0. The van der Waals surface area contributed by atoms with Crippen molar-refractivity contribution in [3.8, 4) is 0 Å². The van der Waals surface area contributed by atoms with Gasteiger partial charge in [-0.1, -0.05) is 54.4 Å². The van der Waals surface area contributed by atoms with Crippen molar-refractivity contribution in [2.24, 2.45) is 5.41 Å². The molecule has 0 heterocycles. The summed E-state index contributed by atoms with van der Waals surface area (Å²) in [6.07, 6.45) is 5.33. The summed E-state index contributed by atoms with van der Waals surface area (Å²) in [4.78, 5) is 31.9. The maximum absolute atomic E-state index is 10.8. The molecular weight excluding hydrogens is 324 g/mol. The number of carbonyl (C=O) groups excluding carboxylic acids is 3. The molecule has 25 heavy (non-hydrogen) atoms. The fourth-order valence-electron chi connectivity index (χ4n) is 1.07. The second-order valence-electron chi connectivity index (χ2n) is 5.51. The first-order chi connectivity index (χ1) is 11.2. The Morgan fingerprint density at radius 3 is 1.52 bits per heavy atom. The number of esters is 3. The summed E-state index contributed by atoms with van der Waals surface area (Å²) in [5.41, 5.74) is -0.419. The monoisotopic (exact) mass is 356 g/mol. The van der Waals surface area contributed by atoms with Crippen molar-refractivity contribution in [2.45, 2.75) is 41.0 Å². The van der Waals surface area contributed by atoms with Crippen molar-refractivity contribution in [1.82, 2.24) is 0 Å². The third kappa shape index (κ3) is 19.6. The predicted octanol–water partition coefficient (Wildman–Crippen LogP) is 3.62. The van der Waals surface area contributed by atoms with E-state index in [9.17, 15) is 14.4 Å². The van der Waals surface area contributed by atoms with Gasteiger partial charge in [0, 0.05) is 23.6 Å². The highest BCUT2D eigenvalue weighted by Crippen LogP contribution is 2.16. The van der Waals surface area contributed by atoms with Gasteiger partial charge in [0.25, 0.3) is 0 Å². The van der Waals surface area contributed by atoms with Gasteiger partial charge in [0.15, 0.2) is 0 Å². The molecule has 0 aliphatic rings. The van der Waals surface area contributed by atoms with Crippen LogP contribution in [0.5, 0.6) is 0 Å². The number of hydrogen-bond acceptors (Lipinski definition) is 6. The topological polar surface area (TPSA) is 78.9 Å². The molecule has 0 spiro atoms. The molecule has 0 bridgehead atoms. The second kappa shape index (κ2) is 16.5. The molecule has 0 N–H and O–H groups in total. The highest BCUT2D eigenvalue weighted by molar-refractivity contribution is 5.81. The zero-order chi connectivity index (χ0) is 19.0. The van der Waals surface area contributed by atoms with Gasteiger partial charge in [-0.2, -0.15) is 0 Å². The molecule has 0 aliphatic carbocycles. The average Bonchev–Trinajstić information content (AvgIpc) is 2.58. The van der Waals surface area contributed by atoms with E-state index >= 15 is 0 Å². The van der Waals surface area contributed by atoms with Gasteiger partial charge < -0.3 is 14.2 Å². The van der Waals surface area contributed by atoms with Crippen molar-refractivity contribution in [3.63, 3.8) is 0 Å². The Hall–Kier alpha value is -2.37. The molecular formula is C19H32O6. The zero-order valence-corrected chi connectivity index (χ0v) is 14.8. The van der Waals surface area contributed by atoms with Crippen LogP contribution in [0, 0.1) is 5.41 Å². The molecule has 6 nitrogen and oxygen atoms in total. The van der Waals surface area contributed by atoms with Gasteiger partial charge in [0.2, 0.25) is 0 Å². The molecule has 0 fully saturated rings. The summed E-state index contributed by atoms with van der Waals surface area (Å²) in [6.45, 7) is 16.4. The fraction of sp³-hybridized carbons (Fsp3) is 0.526. The van der Waals surface area contributed by atoms with Crippen molar-refractivity contribution in [2.75, 3.05) is 19.8 Å². The van der Waals surface area contributed by atoms with Crippen molar-refractivity contribution in [3.05, 3.63) is 38.0 Å². The van der Waals surface area contributed by atoms with Gasteiger partial charge in [0.1, 0.15) is 0 Å². The quantitative estimate of drug-likeness (QED) is 0.257. The number of rotatable bonds is 10. The van der Waals surface area contributed by atoms with Crippen LogP contribution in [0.3, 0.4) is 0 Å². The maximum Gasteiger partial charge on any atom is 0.330 e. The van der Waals surface area contributed by atoms with Gasteiger partial charge in [-0.25, -0.2) is 14.4 Å². The normalized spacial score (nSPS) is 9.24. The van der Waals surface area contributed by atoms with E-state index in [2.05, 4.69) is 24.5 Å². The Morgan fingerprint density at radius 1 is 0.840 bits per heavy atom. The average molecular weight is 356 g/mol. The van der Waals surface area contributed by atoms with Gasteiger partial charge in [-0.3, -0.25) is 0 Å². The van der Waals surface area contributed by atoms with E-state index < -0.39 is 17.4 Å². The lowest BCUT2D eigenvalue weighted by Gasteiger charge is -2.22. The number of ether oxygens (including phenoxy) is 3. The van der Waals surface area contributed by atoms with Crippen LogP contribution in [0.15, 0.2) is 38.0 Å². The van der Waals surface area contributed by atoms with Crippen LogP contribution in [0.2, 0.25) is 0 Å². The van der Waals surface area contributed by atoms with Crippen molar-refractivity contribution in [1.29, 1.82) is 0 Å². The lowest BCUT2D eigenvalue weighted by atomic mass is 9.96. The molecule has 0 radical (unpaired) electrons. The summed E-state index contributed by atoms with van der Waals surface area (Å²) in [5.74, 6) is -1.31. The van der Waals surface area contributed by atoms with Gasteiger partial charge in [-0.15, -0.1) is 0 Å². The minimum Gasteiger partial charge on any atom is -0.463 e. The maximum atomic E-state index is 10.8. The third-order valence-corrected chi connectivity index (χ3v) is 2.45. The SMILES string of the molecule is C.C=CC(=O)OCC(C)(C)COC(=O)C=C.C=CC(=O)OCCCC. The first kappa shape index (κ1) is 27.5. The molecule has 0 rings (SSSR count). The summed E-state index contributed by atoms with van der Waals surface area (Å²) in [7, 11) is 0. The molecule has 6 heteroatoms. The molecule has 0 atom stereocenters. The second-order valence-corrected chi connectivity index (χ2v) is 5.51. The molecule has 0 saturated carbocycles. The van der Waals surface area contributed by atoms with Crippen LogP contribution >= 0.6 is 0 Å². The minimum absolute atomic E-state index is 0. The van der Waals surface area contributed by atoms with Crippen molar-refractivity contribution >= 4 is 17.9 Å². The van der Waals surface area contributed by atoms with Crippen LogP contribution < -0.4 is 0 Å². The molecule has 0 aromatic carbocycles. The standard InChI is InChI=1S/C11H16O4.C7H12O2.CH4/c1-5-9(12)14-7-11(3,4)8-15-10(13)6-2;1-3-5-6-9-7(8)4-2;/h5-6H,1-2,7-8H2,3-4H3;4H,2-3,5-6H2,1H3;1H4. The molecule has 0 aliphatic heterocycles. The summed E-state index contributed by atoms with van der Waals surface area (Å²) in [6, 6.07) is 0. The molecule has 0 amide bonds. The fourth-order valence-corrected chi connectivity index (χ4v) is 1.07. The van der Waals surface area contributed by atoms with E-state index in [1.54, 1.807) is 0 Å². The van der Waals surface area contributed by atoms with Crippen LogP contribution in [-0.2, 0) is 28.6 Å². The zero-order valence-electron chi connectivity index (χ0n) is 14.8. The predicted molar refractivity (Wildman–Crippen MR) is 98.9 cm³/mol. The number of unbranched alkanes of at least 4 members (excludes halogenated alkanes) is 1. The van der Waals surface area contributed by atoms with E-state index in [1.165, 1.54) is 6.08 Å².